The lowest BCUT2D eigenvalue weighted by Crippen LogP contribution is -2.02. The van der Waals surface area contributed by atoms with E-state index in [1.54, 1.807) is 0 Å². The Hall–Kier alpha value is -2.10. The van der Waals surface area contributed by atoms with Crippen molar-refractivity contribution in [3.05, 3.63) is 48.2 Å². The number of carbonyl (C=O) groups is 2. The zero-order chi connectivity index (χ0) is 10.6. The molecule has 1 aromatic carbocycles. The number of hydrogen-bond acceptors (Lipinski definition) is 3. The highest BCUT2D eigenvalue weighted by Crippen LogP contribution is 2.05. The molecule has 4 heteroatoms. The minimum Gasteiger partial charge on any atom is -0.478 e. The van der Waals surface area contributed by atoms with Crippen LogP contribution in [0.15, 0.2) is 37.1 Å². The van der Waals surface area contributed by atoms with E-state index in [1.165, 1.54) is 24.3 Å². The maximum absolute atomic E-state index is 11.1. The van der Waals surface area contributed by atoms with Crippen LogP contribution in [0.3, 0.4) is 0 Å². The molecule has 0 heterocycles. The van der Waals surface area contributed by atoms with E-state index < -0.39 is 11.9 Å². The third-order valence-corrected chi connectivity index (χ3v) is 1.56. The lowest BCUT2D eigenvalue weighted by molar-refractivity contribution is 0.0658. The fraction of sp³-hybridized carbons (Fsp3) is 0. The molecular formula is C10H8O4. The fourth-order valence-corrected chi connectivity index (χ4v) is 0.893. The van der Waals surface area contributed by atoms with Crippen molar-refractivity contribution in [2.45, 2.75) is 0 Å². The summed E-state index contributed by atoms with van der Waals surface area (Å²) in [5.41, 5.74) is 0.412. The predicted molar refractivity (Wildman–Crippen MR) is 49.0 cm³/mol. The standard InChI is InChI=1S/C10H8O4/c1-2-14-10(13)8-5-3-7(4-6-8)9(11)12/h2-6H,1H2,(H,11,12). The average molecular weight is 192 g/mol. The lowest BCUT2D eigenvalue weighted by atomic mass is 10.1. The lowest BCUT2D eigenvalue weighted by Gasteiger charge is -1.99. The molecule has 1 N–H and O–H groups in total. The van der Waals surface area contributed by atoms with Gasteiger partial charge in [-0.15, -0.1) is 0 Å². The number of aromatic carboxylic acids is 1. The molecule has 0 aliphatic rings. The highest BCUT2D eigenvalue weighted by Gasteiger charge is 2.07. The van der Waals surface area contributed by atoms with Gasteiger partial charge in [-0.05, 0) is 24.3 Å². The zero-order valence-electron chi connectivity index (χ0n) is 7.27. The first-order valence-corrected chi connectivity index (χ1v) is 3.80. The van der Waals surface area contributed by atoms with Crippen LogP contribution in [-0.4, -0.2) is 17.0 Å². The molecule has 0 aliphatic heterocycles. The van der Waals surface area contributed by atoms with Crippen molar-refractivity contribution in [1.29, 1.82) is 0 Å². The molecule has 72 valence electrons. The summed E-state index contributed by atoms with van der Waals surface area (Å²) in [5, 5.41) is 8.59. The number of esters is 1. The molecule has 1 aromatic rings. The van der Waals surface area contributed by atoms with Gasteiger partial charge >= 0.3 is 11.9 Å². The highest BCUT2D eigenvalue weighted by molar-refractivity contribution is 5.92. The molecule has 4 nitrogen and oxygen atoms in total. The molecule has 0 spiro atoms. The van der Waals surface area contributed by atoms with Crippen molar-refractivity contribution in [3.8, 4) is 0 Å². The van der Waals surface area contributed by atoms with Crippen molar-refractivity contribution < 1.29 is 19.4 Å². The Morgan fingerprint density at radius 2 is 1.71 bits per heavy atom. The number of carbonyl (C=O) groups excluding carboxylic acids is 1. The Balaban J connectivity index is 2.88. The monoisotopic (exact) mass is 192 g/mol. The van der Waals surface area contributed by atoms with E-state index in [4.69, 9.17) is 5.11 Å². The summed E-state index contributed by atoms with van der Waals surface area (Å²) in [6, 6.07) is 5.44. The molecule has 1 rings (SSSR count). The summed E-state index contributed by atoms with van der Waals surface area (Å²) in [6.45, 7) is 3.23. The first-order chi connectivity index (χ1) is 6.65. The Morgan fingerprint density at radius 1 is 1.21 bits per heavy atom. The molecule has 0 aromatic heterocycles. The van der Waals surface area contributed by atoms with Gasteiger partial charge in [0.25, 0.3) is 0 Å². The third-order valence-electron chi connectivity index (χ3n) is 1.56. The van der Waals surface area contributed by atoms with Crippen LogP contribution in [-0.2, 0) is 4.74 Å². The van der Waals surface area contributed by atoms with Crippen LogP contribution in [0.5, 0.6) is 0 Å². The first-order valence-electron chi connectivity index (χ1n) is 3.80. The fourth-order valence-electron chi connectivity index (χ4n) is 0.893. The van der Waals surface area contributed by atoms with Gasteiger partial charge in [-0.3, -0.25) is 0 Å². The Bertz CT molecular complexity index is 364. The molecule has 0 unspecified atom stereocenters. The molecule has 0 fully saturated rings. The largest absolute Gasteiger partial charge is 0.478 e. The molecule has 0 radical (unpaired) electrons. The van der Waals surface area contributed by atoms with Gasteiger partial charge in [0.15, 0.2) is 0 Å². The van der Waals surface area contributed by atoms with Crippen molar-refractivity contribution in [2.75, 3.05) is 0 Å². The summed E-state index contributed by atoms with van der Waals surface area (Å²) in [5.74, 6) is -1.59. The number of rotatable bonds is 3. The first kappa shape index (κ1) is 9.98. The number of benzene rings is 1. The maximum Gasteiger partial charge on any atom is 0.342 e. The van der Waals surface area contributed by atoms with Gasteiger partial charge in [0.2, 0.25) is 0 Å². The maximum atomic E-state index is 11.1. The molecule has 0 saturated carbocycles. The van der Waals surface area contributed by atoms with Crippen LogP contribution in [0.4, 0.5) is 0 Å². The van der Waals surface area contributed by atoms with E-state index in [0.717, 1.165) is 6.26 Å². The van der Waals surface area contributed by atoms with Crippen molar-refractivity contribution in [3.63, 3.8) is 0 Å². The molecule has 0 aliphatic carbocycles. The quantitative estimate of drug-likeness (QED) is 0.584. The summed E-state index contributed by atoms with van der Waals surface area (Å²) in [4.78, 5) is 21.6. The van der Waals surface area contributed by atoms with Crippen LogP contribution in [0.1, 0.15) is 20.7 Å². The molecule has 0 atom stereocenters. The van der Waals surface area contributed by atoms with Gasteiger partial charge in [-0.2, -0.15) is 0 Å². The van der Waals surface area contributed by atoms with Crippen LogP contribution in [0, 0.1) is 0 Å². The van der Waals surface area contributed by atoms with Gasteiger partial charge < -0.3 is 9.84 Å². The third kappa shape index (κ3) is 2.20. The van der Waals surface area contributed by atoms with Gasteiger partial charge in [-0.25, -0.2) is 9.59 Å². The molecule has 0 amide bonds. The SMILES string of the molecule is C=COC(=O)c1ccc(C(=O)O)cc1. The molecule has 0 bridgehead atoms. The predicted octanol–water partition coefficient (Wildman–Crippen LogP) is 1.69. The van der Waals surface area contributed by atoms with E-state index >= 15 is 0 Å². The summed E-state index contributed by atoms with van der Waals surface area (Å²) < 4.78 is 4.51. The van der Waals surface area contributed by atoms with E-state index in [2.05, 4.69) is 11.3 Å². The summed E-state index contributed by atoms with van der Waals surface area (Å²) >= 11 is 0. The van der Waals surface area contributed by atoms with Crippen LogP contribution >= 0.6 is 0 Å². The van der Waals surface area contributed by atoms with Crippen molar-refractivity contribution >= 4 is 11.9 Å². The summed E-state index contributed by atoms with van der Waals surface area (Å²) in [7, 11) is 0. The second kappa shape index (κ2) is 4.23. The Labute approximate surface area is 80.4 Å². The minimum absolute atomic E-state index is 0.125. The topological polar surface area (TPSA) is 63.6 Å². The molecule has 14 heavy (non-hydrogen) atoms. The minimum atomic E-state index is -1.03. The normalized spacial score (nSPS) is 9.14. The van der Waals surface area contributed by atoms with Crippen molar-refractivity contribution in [1.82, 2.24) is 0 Å². The van der Waals surface area contributed by atoms with Crippen LogP contribution in [0.2, 0.25) is 0 Å². The van der Waals surface area contributed by atoms with E-state index in [0.29, 0.717) is 0 Å². The number of carboxylic acid groups (broad SMARTS) is 1. The van der Waals surface area contributed by atoms with Gasteiger partial charge in [-0.1, -0.05) is 6.58 Å². The van der Waals surface area contributed by atoms with Gasteiger partial charge in [0.1, 0.15) is 0 Å². The Morgan fingerprint density at radius 3 is 2.14 bits per heavy atom. The zero-order valence-corrected chi connectivity index (χ0v) is 7.27. The van der Waals surface area contributed by atoms with Gasteiger partial charge in [0.05, 0.1) is 17.4 Å². The number of hydrogen-bond donors (Lipinski definition) is 1. The van der Waals surface area contributed by atoms with Crippen LogP contribution < -0.4 is 0 Å². The van der Waals surface area contributed by atoms with E-state index in [1.807, 2.05) is 0 Å². The van der Waals surface area contributed by atoms with Crippen molar-refractivity contribution in [2.24, 2.45) is 0 Å². The molecule has 0 saturated heterocycles. The molecular weight excluding hydrogens is 184 g/mol. The Kier molecular flexibility index (Phi) is 3.01. The second-order valence-corrected chi connectivity index (χ2v) is 2.45. The average Bonchev–Trinajstić information content (AvgIpc) is 2.18. The van der Waals surface area contributed by atoms with Crippen LogP contribution in [0.25, 0.3) is 0 Å². The van der Waals surface area contributed by atoms with E-state index in [9.17, 15) is 9.59 Å². The number of carboxylic acids is 1. The smallest absolute Gasteiger partial charge is 0.342 e. The number of ether oxygens (including phenoxy) is 1. The van der Waals surface area contributed by atoms with Gasteiger partial charge in [0, 0.05) is 0 Å². The summed E-state index contributed by atoms with van der Waals surface area (Å²) in [6.07, 6.45) is 1.02. The second-order valence-electron chi connectivity index (χ2n) is 2.45. The highest BCUT2D eigenvalue weighted by atomic mass is 16.5. The van der Waals surface area contributed by atoms with E-state index in [-0.39, 0.29) is 11.1 Å².